The summed E-state index contributed by atoms with van der Waals surface area (Å²) in [5.74, 6) is 0.614. The smallest absolute Gasteiger partial charge is 0.322 e. The zero-order valence-electron chi connectivity index (χ0n) is 12.8. The number of carbonyl (C=O) groups excluding carboxylic acids is 1. The highest BCUT2D eigenvalue weighted by atomic mass is 16.4. The van der Waals surface area contributed by atoms with Gasteiger partial charge in [-0.1, -0.05) is 49.1 Å². The molecule has 1 amide bonds. The SMILES string of the molecule is CCc1ccc(Cc2nnc(NC(=O)C3CCCC3)o2)cc1. The molecule has 1 N–H and O–H groups in total. The maximum Gasteiger partial charge on any atom is 0.322 e. The van der Waals surface area contributed by atoms with Crippen molar-refractivity contribution >= 4 is 11.9 Å². The van der Waals surface area contributed by atoms with Gasteiger partial charge in [-0.2, -0.15) is 0 Å². The minimum atomic E-state index is -0.00000119. The molecule has 0 atom stereocenters. The Bertz CT molecular complexity index is 628. The largest absolute Gasteiger partial charge is 0.407 e. The van der Waals surface area contributed by atoms with Crippen molar-refractivity contribution in [3.63, 3.8) is 0 Å². The van der Waals surface area contributed by atoms with Crippen LogP contribution in [0.15, 0.2) is 28.7 Å². The predicted molar refractivity (Wildman–Crippen MR) is 83.5 cm³/mol. The highest BCUT2D eigenvalue weighted by molar-refractivity contribution is 5.90. The molecule has 1 saturated carbocycles. The van der Waals surface area contributed by atoms with Crippen molar-refractivity contribution in [1.82, 2.24) is 10.2 Å². The summed E-state index contributed by atoms with van der Waals surface area (Å²) >= 11 is 0. The molecule has 1 aliphatic rings. The number of nitrogens with one attached hydrogen (secondary N) is 1. The van der Waals surface area contributed by atoms with Crippen LogP contribution < -0.4 is 5.32 Å². The number of anilines is 1. The molecule has 0 saturated heterocycles. The van der Waals surface area contributed by atoms with Crippen molar-refractivity contribution in [3.8, 4) is 0 Å². The number of benzene rings is 1. The normalized spacial score (nSPS) is 15.1. The van der Waals surface area contributed by atoms with Crippen molar-refractivity contribution in [2.45, 2.75) is 45.4 Å². The average molecular weight is 299 g/mol. The summed E-state index contributed by atoms with van der Waals surface area (Å²) < 4.78 is 5.52. The van der Waals surface area contributed by atoms with Gasteiger partial charge < -0.3 is 4.42 Å². The minimum absolute atomic E-state index is 0.00000119. The molecule has 0 spiro atoms. The van der Waals surface area contributed by atoms with Gasteiger partial charge in [0.05, 0.1) is 6.42 Å². The van der Waals surface area contributed by atoms with Crippen LogP contribution in [-0.2, 0) is 17.6 Å². The number of rotatable bonds is 5. The van der Waals surface area contributed by atoms with Gasteiger partial charge in [0, 0.05) is 5.92 Å². The Kier molecular flexibility index (Phi) is 4.51. The van der Waals surface area contributed by atoms with Gasteiger partial charge in [0.2, 0.25) is 11.8 Å². The van der Waals surface area contributed by atoms with Gasteiger partial charge in [-0.05, 0) is 30.4 Å². The second kappa shape index (κ2) is 6.73. The quantitative estimate of drug-likeness (QED) is 0.919. The number of aromatic nitrogens is 2. The third-order valence-corrected chi connectivity index (χ3v) is 4.21. The van der Waals surface area contributed by atoms with E-state index in [1.807, 2.05) is 0 Å². The number of amides is 1. The Morgan fingerprint density at radius 2 is 1.86 bits per heavy atom. The fourth-order valence-electron chi connectivity index (χ4n) is 2.84. The fourth-order valence-corrected chi connectivity index (χ4v) is 2.84. The van der Waals surface area contributed by atoms with E-state index in [9.17, 15) is 4.79 Å². The summed E-state index contributed by atoms with van der Waals surface area (Å²) in [5, 5.41) is 10.6. The Morgan fingerprint density at radius 1 is 1.18 bits per heavy atom. The molecule has 0 bridgehead atoms. The molecule has 0 aliphatic heterocycles. The van der Waals surface area contributed by atoms with E-state index in [2.05, 4.69) is 46.7 Å². The summed E-state index contributed by atoms with van der Waals surface area (Å²) in [6.07, 6.45) is 5.77. The number of hydrogen-bond acceptors (Lipinski definition) is 4. The van der Waals surface area contributed by atoms with Gasteiger partial charge in [0.1, 0.15) is 0 Å². The van der Waals surface area contributed by atoms with E-state index in [1.54, 1.807) is 0 Å². The lowest BCUT2D eigenvalue weighted by atomic mass is 10.1. The maximum absolute atomic E-state index is 12.0. The van der Waals surface area contributed by atoms with Crippen LogP contribution in [0.5, 0.6) is 0 Å². The Labute approximate surface area is 130 Å². The van der Waals surface area contributed by atoms with Crippen LogP contribution in [0.2, 0.25) is 0 Å². The zero-order chi connectivity index (χ0) is 15.4. The van der Waals surface area contributed by atoms with Crippen molar-refractivity contribution in [2.75, 3.05) is 5.32 Å². The van der Waals surface area contributed by atoms with Crippen LogP contribution in [0.4, 0.5) is 6.01 Å². The predicted octanol–water partition coefficient (Wildman–Crippen LogP) is 3.35. The minimum Gasteiger partial charge on any atom is -0.407 e. The fraction of sp³-hybridized carbons (Fsp3) is 0.471. The monoisotopic (exact) mass is 299 g/mol. The standard InChI is InChI=1S/C17H21N3O2/c1-2-12-7-9-13(10-8-12)11-15-19-20-17(22-15)18-16(21)14-5-3-4-6-14/h7-10,14H,2-6,11H2,1H3,(H,18,20,21). The third kappa shape index (κ3) is 3.53. The number of carbonyl (C=O) groups is 1. The summed E-state index contributed by atoms with van der Waals surface area (Å²) in [5.41, 5.74) is 2.42. The van der Waals surface area contributed by atoms with Crippen molar-refractivity contribution in [1.29, 1.82) is 0 Å². The van der Waals surface area contributed by atoms with Gasteiger partial charge in [-0.3, -0.25) is 10.1 Å². The highest BCUT2D eigenvalue weighted by Gasteiger charge is 2.24. The van der Waals surface area contributed by atoms with Crippen LogP contribution in [0.3, 0.4) is 0 Å². The lowest BCUT2D eigenvalue weighted by Crippen LogP contribution is -2.20. The molecular weight excluding hydrogens is 278 g/mol. The molecule has 22 heavy (non-hydrogen) atoms. The van der Waals surface area contributed by atoms with Gasteiger partial charge in [-0.25, -0.2) is 0 Å². The second-order valence-corrected chi connectivity index (χ2v) is 5.82. The maximum atomic E-state index is 12.0. The Hall–Kier alpha value is -2.17. The van der Waals surface area contributed by atoms with Crippen LogP contribution in [0.1, 0.15) is 49.6 Å². The van der Waals surface area contributed by atoms with E-state index in [-0.39, 0.29) is 17.8 Å². The summed E-state index contributed by atoms with van der Waals surface area (Å²) in [6.45, 7) is 2.13. The van der Waals surface area contributed by atoms with E-state index in [0.29, 0.717) is 12.3 Å². The molecule has 0 unspecified atom stereocenters. The van der Waals surface area contributed by atoms with Crippen molar-refractivity contribution in [3.05, 3.63) is 41.3 Å². The Morgan fingerprint density at radius 3 is 2.55 bits per heavy atom. The van der Waals surface area contributed by atoms with E-state index in [0.717, 1.165) is 37.7 Å². The van der Waals surface area contributed by atoms with Gasteiger partial charge in [0.25, 0.3) is 0 Å². The first-order valence-electron chi connectivity index (χ1n) is 7.95. The molecule has 116 valence electrons. The lowest BCUT2D eigenvalue weighted by molar-refractivity contribution is -0.119. The first-order chi connectivity index (χ1) is 10.7. The second-order valence-electron chi connectivity index (χ2n) is 5.82. The summed E-state index contributed by atoms with van der Waals surface area (Å²) in [6, 6.07) is 8.56. The first-order valence-corrected chi connectivity index (χ1v) is 7.95. The van der Waals surface area contributed by atoms with Crippen molar-refractivity contribution < 1.29 is 9.21 Å². The topological polar surface area (TPSA) is 68.0 Å². The molecule has 1 heterocycles. The molecule has 0 radical (unpaired) electrons. The van der Waals surface area contributed by atoms with Crippen LogP contribution >= 0.6 is 0 Å². The molecular formula is C17H21N3O2. The van der Waals surface area contributed by atoms with E-state index >= 15 is 0 Å². The van der Waals surface area contributed by atoms with E-state index < -0.39 is 0 Å². The highest BCUT2D eigenvalue weighted by Crippen LogP contribution is 2.25. The summed E-state index contributed by atoms with van der Waals surface area (Å²) in [7, 11) is 0. The van der Waals surface area contributed by atoms with Crippen molar-refractivity contribution in [2.24, 2.45) is 5.92 Å². The number of nitrogens with zero attached hydrogens (tertiary/aromatic N) is 2. The molecule has 5 heteroatoms. The summed E-state index contributed by atoms with van der Waals surface area (Å²) in [4.78, 5) is 12.0. The van der Waals surface area contributed by atoms with Gasteiger partial charge in [-0.15, -0.1) is 5.10 Å². The molecule has 2 aromatic rings. The molecule has 5 nitrogen and oxygen atoms in total. The van der Waals surface area contributed by atoms with Crippen LogP contribution in [0, 0.1) is 5.92 Å². The zero-order valence-corrected chi connectivity index (χ0v) is 12.8. The molecule has 1 fully saturated rings. The molecule has 3 rings (SSSR count). The molecule has 1 aliphatic carbocycles. The van der Waals surface area contributed by atoms with E-state index in [1.165, 1.54) is 5.56 Å². The van der Waals surface area contributed by atoms with Gasteiger partial charge >= 0.3 is 6.01 Å². The van der Waals surface area contributed by atoms with Crippen LogP contribution in [-0.4, -0.2) is 16.1 Å². The lowest BCUT2D eigenvalue weighted by Gasteiger charge is -2.06. The number of aryl methyl sites for hydroxylation is 1. The molecule has 1 aromatic heterocycles. The van der Waals surface area contributed by atoms with Gasteiger partial charge in [0.15, 0.2) is 0 Å². The average Bonchev–Trinajstić information content (AvgIpc) is 3.20. The third-order valence-electron chi connectivity index (χ3n) is 4.21. The van der Waals surface area contributed by atoms with Crippen LogP contribution in [0.25, 0.3) is 0 Å². The first kappa shape index (κ1) is 14.8. The Balaban J connectivity index is 1.59. The van der Waals surface area contributed by atoms with E-state index in [4.69, 9.17) is 4.42 Å². The molecule has 1 aromatic carbocycles. The number of hydrogen-bond donors (Lipinski definition) is 1.